The fourth-order valence-corrected chi connectivity index (χ4v) is 4.97. The van der Waals surface area contributed by atoms with Gasteiger partial charge in [-0.25, -0.2) is 9.97 Å². The molecular formula is C28H33N7O2S. The molecule has 2 aromatic carbocycles. The Morgan fingerprint density at radius 2 is 1.55 bits per heavy atom. The third-order valence-corrected chi connectivity index (χ3v) is 6.59. The van der Waals surface area contributed by atoms with Gasteiger partial charge in [0.25, 0.3) is 0 Å². The van der Waals surface area contributed by atoms with Crippen molar-refractivity contribution in [2.75, 3.05) is 43.6 Å². The van der Waals surface area contributed by atoms with Crippen LogP contribution in [0.5, 0.6) is 11.5 Å². The number of nitrogens with zero attached hydrogens (tertiary/aromatic N) is 5. The summed E-state index contributed by atoms with van der Waals surface area (Å²) in [4.78, 5) is 18.5. The molecule has 0 unspecified atom stereocenters. The van der Waals surface area contributed by atoms with Gasteiger partial charge in [0.05, 0.1) is 0 Å². The zero-order valence-corrected chi connectivity index (χ0v) is 23.1. The normalized spacial score (nSPS) is 15.5. The second-order valence-electron chi connectivity index (χ2n) is 9.79. The van der Waals surface area contributed by atoms with Crippen LogP contribution in [0.25, 0.3) is 0 Å². The van der Waals surface area contributed by atoms with Gasteiger partial charge in [-0.3, -0.25) is 10.2 Å². The first-order valence-corrected chi connectivity index (χ1v) is 13.1. The Bertz CT molecular complexity index is 1330. The van der Waals surface area contributed by atoms with Gasteiger partial charge in [-0.2, -0.15) is 4.99 Å². The van der Waals surface area contributed by atoms with E-state index in [2.05, 4.69) is 74.6 Å². The molecule has 0 bridgehead atoms. The molecule has 3 aromatic rings. The minimum Gasteiger partial charge on any atom is -0.454 e. The third kappa shape index (κ3) is 6.56. The molecule has 0 amide bonds. The molecule has 9 nitrogen and oxygen atoms in total. The molecule has 2 aliphatic heterocycles. The van der Waals surface area contributed by atoms with E-state index in [0.717, 1.165) is 61.3 Å². The highest BCUT2D eigenvalue weighted by molar-refractivity contribution is 7.80. The predicted molar refractivity (Wildman–Crippen MR) is 154 cm³/mol. The summed E-state index contributed by atoms with van der Waals surface area (Å²) in [7, 11) is 0. The summed E-state index contributed by atoms with van der Waals surface area (Å²) in [6, 6.07) is 14.3. The largest absolute Gasteiger partial charge is 0.454 e. The summed E-state index contributed by atoms with van der Waals surface area (Å²) in [5.41, 5.74) is 6.25. The number of rotatable bonds is 4. The molecule has 198 valence electrons. The van der Waals surface area contributed by atoms with Crippen molar-refractivity contribution in [3.8, 4) is 11.5 Å². The molecule has 1 fully saturated rings. The fourth-order valence-electron chi connectivity index (χ4n) is 4.77. The monoisotopic (exact) mass is 531 g/mol. The van der Waals surface area contributed by atoms with Gasteiger partial charge >= 0.3 is 0 Å². The number of thiocarbonyl (C=S) groups is 1. The van der Waals surface area contributed by atoms with E-state index in [0.29, 0.717) is 17.0 Å². The number of aliphatic imine (C=N–C) groups is 1. The van der Waals surface area contributed by atoms with E-state index in [-0.39, 0.29) is 6.79 Å². The zero-order valence-electron chi connectivity index (χ0n) is 22.2. The Hall–Kier alpha value is -3.76. The summed E-state index contributed by atoms with van der Waals surface area (Å²) in [6.07, 6.45) is 0. The van der Waals surface area contributed by atoms with Gasteiger partial charge in [-0.1, -0.05) is 12.1 Å². The number of piperazine rings is 1. The van der Waals surface area contributed by atoms with Gasteiger partial charge < -0.3 is 19.7 Å². The standard InChI is InChI=1S/C28H33N7O2S/c1-18-11-19(2)13-23(12-18)31-28(38)33-27(32-26-29-20(3)14-21(4)30-26)35-9-7-34(8-10-35)16-22-5-6-24-25(15-22)37-17-36-24/h5-6,11-15H,7-10,16-17H2,1-4H3,(H2,29,30,31,32,33,38). The first-order valence-electron chi connectivity index (χ1n) is 12.7. The molecule has 10 heteroatoms. The van der Waals surface area contributed by atoms with Gasteiger partial charge in [0, 0.05) is 49.8 Å². The number of guanidine groups is 1. The number of hydrogen-bond acceptors (Lipinski definition) is 6. The number of aromatic nitrogens is 2. The lowest BCUT2D eigenvalue weighted by molar-refractivity contribution is 0.172. The SMILES string of the molecule is Cc1cc(C)cc(NC(=S)/N=C(\Nc2nc(C)cc(C)n2)N2CCN(Cc3ccc4c(c3)OCO4)CC2)c1. The van der Waals surface area contributed by atoms with Gasteiger partial charge in [-0.05, 0) is 86.9 Å². The molecular weight excluding hydrogens is 498 g/mol. The predicted octanol–water partition coefficient (Wildman–Crippen LogP) is 4.42. The van der Waals surface area contributed by atoms with E-state index < -0.39 is 0 Å². The van der Waals surface area contributed by atoms with E-state index in [9.17, 15) is 0 Å². The Balaban J connectivity index is 1.29. The lowest BCUT2D eigenvalue weighted by Gasteiger charge is -2.36. The third-order valence-electron chi connectivity index (χ3n) is 6.40. The Morgan fingerprint density at radius 3 is 2.26 bits per heavy atom. The number of hydrogen-bond donors (Lipinski definition) is 2. The summed E-state index contributed by atoms with van der Waals surface area (Å²) in [6.45, 7) is 12.5. The zero-order chi connectivity index (χ0) is 26.6. The van der Waals surface area contributed by atoms with Crippen molar-refractivity contribution >= 4 is 34.9 Å². The molecule has 1 saturated heterocycles. The molecule has 2 N–H and O–H groups in total. The molecule has 0 aliphatic carbocycles. The van der Waals surface area contributed by atoms with E-state index in [1.807, 2.05) is 26.0 Å². The fraction of sp³-hybridized carbons (Fsp3) is 0.357. The number of anilines is 2. The number of nitrogens with one attached hydrogen (secondary N) is 2. The molecule has 1 aromatic heterocycles. The number of aryl methyl sites for hydroxylation is 4. The van der Waals surface area contributed by atoms with Crippen molar-refractivity contribution in [3.05, 3.63) is 70.5 Å². The van der Waals surface area contributed by atoms with Crippen molar-refractivity contribution in [2.24, 2.45) is 4.99 Å². The lowest BCUT2D eigenvalue weighted by Crippen LogP contribution is -2.50. The maximum atomic E-state index is 5.65. The van der Waals surface area contributed by atoms with Crippen LogP contribution in [-0.2, 0) is 6.54 Å². The van der Waals surface area contributed by atoms with Crippen LogP contribution in [0.15, 0.2) is 47.5 Å². The molecule has 0 saturated carbocycles. The van der Waals surface area contributed by atoms with Crippen LogP contribution < -0.4 is 20.1 Å². The van der Waals surface area contributed by atoms with Crippen LogP contribution >= 0.6 is 12.2 Å². The Morgan fingerprint density at radius 1 is 0.868 bits per heavy atom. The van der Waals surface area contributed by atoms with Crippen molar-refractivity contribution in [3.63, 3.8) is 0 Å². The highest BCUT2D eigenvalue weighted by Gasteiger charge is 2.22. The molecule has 5 rings (SSSR count). The number of benzene rings is 2. The van der Waals surface area contributed by atoms with Crippen LogP contribution in [0.3, 0.4) is 0 Å². The molecule has 0 radical (unpaired) electrons. The van der Waals surface area contributed by atoms with Crippen LogP contribution in [0.2, 0.25) is 0 Å². The van der Waals surface area contributed by atoms with Gasteiger partial charge in [-0.15, -0.1) is 0 Å². The number of ether oxygens (including phenoxy) is 2. The summed E-state index contributed by atoms with van der Waals surface area (Å²) < 4.78 is 11.0. The quantitative estimate of drug-likeness (QED) is 0.289. The maximum Gasteiger partial charge on any atom is 0.231 e. The minimum absolute atomic E-state index is 0.289. The van der Waals surface area contributed by atoms with Gasteiger partial charge in [0.15, 0.2) is 11.5 Å². The molecule has 2 aliphatic rings. The van der Waals surface area contributed by atoms with Crippen molar-refractivity contribution in [2.45, 2.75) is 34.2 Å². The second-order valence-corrected chi connectivity index (χ2v) is 10.2. The average Bonchev–Trinajstić information content (AvgIpc) is 3.31. The van der Waals surface area contributed by atoms with Crippen LogP contribution in [-0.4, -0.2) is 63.8 Å². The second kappa shape index (κ2) is 11.3. The topological polar surface area (TPSA) is 87.1 Å². The summed E-state index contributed by atoms with van der Waals surface area (Å²) in [5.74, 6) is 2.78. The maximum absolute atomic E-state index is 5.65. The summed E-state index contributed by atoms with van der Waals surface area (Å²) >= 11 is 5.65. The van der Waals surface area contributed by atoms with E-state index in [4.69, 9.17) is 26.7 Å². The Labute approximate surface area is 228 Å². The van der Waals surface area contributed by atoms with Gasteiger partial charge in [0.2, 0.25) is 23.8 Å². The molecule has 3 heterocycles. The lowest BCUT2D eigenvalue weighted by atomic mass is 10.1. The smallest absolute Gasteiger partial charge is 0.231 e. The van der Waals surface area contributed by atoms with E-state index in [1.54, 1.807) is 0 Å². The molecule has 0 spiro atoms. The molecule has 0 atom stereocenters. The Kier molecular flexibility index (Phi) is 7.71. The van der Waals surface area contributed by atoms with Crippen molar-refractivity contribution in [1.82, 2.24) is 19.8 Å². The minimum atomic E-state index is 0.289. The number of fused-ring (bicyclic) bond motifs is 1. The van der Waals surface area contributed by atoms with Crippen LogP contribution in [0, 0.1) is 27.7 Å². The summed E-state index contributed by atoms with van der Waals surface area (Å²) in [5, 5.41) is 6.99. The van der Waals surface area contributed by atoms with E-state index in [1.165, 1.54) is 16.7 Å². The highest BCUT2D eigenvalue weighted by Crippen LogP contribution is 2.32. The average molecular weight is 532 g/mol. The van der Waals surface area contributed by atoms with Crippen molar-refractivity contribution < 1.29 is 9.47 Å². The highest BCUT2D eigenvalue weighted by atomic mass is 32.1. The van der Waals surface area contributed by atoms with Crippen LogP contribution in [0.4, 0.5) is 11.6 Å². The molecule has 38 heavy (non-hydrogen) atoms. The first-order chi connectivity index (χ1) is 18.3. The van der Waals surface area contributed by atoms with Gasteiger partial charge in [0.1, 0.15) is 0 Å². The van der Waals surface area contributed by atoms with Crippen molar-refractivity contribution in [1.29, 1.82) is 0 Å². The van der Waals surface area contributed by atoms with Crippen LogP contribution in [0.1, 0.15) is 28.1 Å². The van der Waals surface area contributed by atoms with E-state index >= 15 is 0 Å². The first kappa shape index (κ1) is 25.9.